The van der Waals surface area contributed by atoms with Crippen molar-refractivity contribution in [2.45, 2.75) is 0 Å². The Balaban J connectivity index is 2.36. The molecule has 2 rings (SSSR count). The van der Waals surface area contributed by atoms with Gasteiger partial charge in [-0.05, 0) is 12.1 Å². The molecule has 0 saturated heterocycles. The van der Waals surface area contributed by atoms with Crippen LogP contribution < -0.4 is 18.9 Å². The normalized spacial score (nSPS) is 10.6. The molecule has 0 aromatic heterocycles. The SMILES string of the molecule is COc1ccc(/N=N/c2cc(OC)c(OC)c(OC)c2)c(O)c1. The van der Waals surface area contributed by atoms with E-state index in [4.69, 9.17) is 18.9 Å². The molecule has 1 N–H and O–H groups in total. The van der Waals surface area contributed by atoms with E-state index in [2.05, 4.69) is 10.2 Å². The van der Waals surface area contributed by atoms with Gasteiger partial charge in [0.2, 0.25) is 5.75 Å². The van der Waals surface area contributed by atoms with Crippen LogP contribution in [-0.4, -0.2) is 33.5 Å². The van der Waals surface area contributed by atoms with E-state index >= 15 is 0 Å². The van der Waals surface area contributed by atoms with Crippen molar-refractivity contribution in [1.29, 1.82) is 0 Å². The standard InChI is InChI=1S/C16H18N2O5/c1-20-11-5-6-12(13(19)9-11)18-17-10-7-14(21-2)16(23-4)15(8-10)22-3/h5-9,19H,1-4H3/b18-17+. The van der Waals surface area contributed by atoms with Crippen LogP contribution in [0, 0.1) is 0 Å². The van der Waals surface area contributed by atoms with Crippen LogP contribution in [0.5, 0.6) is 28.7 Å². The maximum absolute atomic E-state index is 9.88. The van der Waals surface area contributed by atoms with Gasteiger partial charge in [0.25, 0.3) is 0 Å². The highest BCUT2D eigenvalue weighted by molar-refractivity contribution is 5.61. The smallest absolute Gasteiger partial charge is 0.203 e. The number of phenols is 1. The lowest BCUT2D eigenvalue weighted by Crippen LogP contribution is -1.94. The molecule has 0 radical (unpaired) electrons. The molecule has 7 heteroatoms. The van der Waals surface area contributed by atoms with E-state index in [9.17, 15) is 5.11 Å². The predicted octanol–water partition coefficient (Wildman–Crippen LogP) is 3.84. The number of ether oxygens (including phenoxy) is 4. The summed E-state index contributed by atoms with van der Waals surface area (Å²) in [5.41, 5.74) is 0.814. The van der Waals surface area contributed by atoms with Gasteiger partial charge in [0.1, 0.15) is 17.2 Å². The molecule has 0 heterocycles. The highest BCUT2D eigenvalue weighted by Crippen LogP contribution is 2.41. The number of hydrogen-bond donors (Lipinski definition) is 1. The van der Waals surface area contributed by atoms with Crippen molar-refractivity contribution in [3.05, 3.63) is 30.3 Å². The Morgan fingerprint density at radius 3 is 1.91 bits per heavy atom. The molecule has 0 fully saturated rings. The van der Waals surface area contributed by atoms with Crippen molar-refractivity contribution in [3.63, 3.8) is 0 Å². The average molecular weight is 318 g/mol. The number of hydrogen-bond acceptors (Lipinski definition) is 7. The highest BCUT2D eigenvalue weighted by atomic mass is 16.5. The van der Waals surface area contributed by atoms with Crippen molar-refractivity contribution < 1.29 is 24.1 Å². The van der Waals surface area contributed by atoms with Gasteiger partial charge in [0, 0.05) is 18.2 Å². The van der Waals surface area contributed by atoms with Gasteiger partial charge < -0.3 is 24.1 Å². The zero-order valence-electron chi connectivity index (χ0n) is 13.4. The van der Waals surface area contributed by atoms with Crippen LogP contribution in [0.2, 0.25) is 0 Å². The minimum atomic E-state index is -0.0273. The lowest BCUT2D eigenvalue weighted by molar-refractivity contribution is 0.324. The Morgan fingerprint density at radius 2 is 1.43 bits per heavy atom. The fraction of sp³-hybridized carbons (Fsp3) is 0.250. The molecule has 122 valence electrons. The summed E-state index contributed by atoms with van der Waals surface area (Å²) in [4.78, 5) is 0. The minimum absolute atomic E-state index is 0.0273. The molecule has 0 aliphatic rings. The third-order valence-corrected chi connectivity index (χ3v) is 3.11. The molecular formula is C16H18N2O5. The summed E-state index contributed by atoms with van der Waals surface area (Å²) in [6.45, 7) is 0. The molecule has 0 amide bonds. The van der Waals surface area contributed by atoms with Crippen LogP contribution in [0.3, 0.4) is 0 Å². The van der Waals surface area contributed by atoms with E-state index in [-0.39, 0.29) is 5.75 Å². The highest BCUT2D eigenvalue weighted by Gasteiger charge is 2.13. The Labute approximate surface area is 134 Å². The third-order valence-electron chi connectivity index (χ3n) is 3.11. The summed E-state index contributed by atoms with van der Waals surface area (Å²) >= 11 is 0. The molecule has 0 spiro atoms. The molecule has 0 aliphatic heterocycles. The topological polar surface area (TPSA) is 81.9 Å². The number of rotatable bonds is 6. The van der Waals surface area contributed by atoms with E-state index in [1.54, 1.807) is 24.3 Å². The third kappa shape index (κ3) is 3.63. The summed E-state index contributed by atoms with van der Waals surface area (Å²) in [5.74, 6) is 1.93. The first-order valence-electron chi connectivity index (χ1n) is 6.71. The van der Waals surface area contributed by atoms with Gasteiger partial charge in [-0.1, -0.05) is 0 Å². The van der Waals surface area contributed by atoms with Crippen LogP contribution in [0.1, 0.15) is 0 Å². The number of methoxy groups -OCH3 is 4. The number of nitrogens with zero attached hydrogens (tertiary/aromatic N) is 2. The molecule has 7 nitrogen and oxygen atoms in total. The maximum Gasteiger partial charge on any atom is 0.203 e. The van der Waals surface area contributed by atoms with E-state index in [0.29, 0.717) is 34.4 Å². The van der Waals surface area contributed by atoms with Crippen molar-refractivity contribution in [2.24, 2.45) is 10.2 Å². The second kappa shape index (κ2) is 7.35. The largest absolute Gasteiger partial charge is 0.505 e. The van der Waals surface area contributed by atoms with Gasteiger partial charge in [-0.3, -0.25) is 0 Å². The molecule has 0 unspecified atom stereocenters. The van der Waals surface area contributed by atoms with Gasteiger partial charge in [-0.25, -0.2) is 0 Å². The molecule has 0 saturated carbocycles. The fourth-order valence-electron chi connectivity index (χ4n) is 1.95. The fourth-order valence-corrected chi connectivity index (χ4v) is 1.95. The molecular weight excluding hydrogens is 300 g/mol. The Bertz CT molecular complexity index is 691. The summed E-state index contributed by atoms with van der Waals surface area (Å²) in [6, 6.07) is 8.07. The molecule has 23 heavy (non-hydrogen) atoms. The molecule has 0 atom stereocenters. The lowest BCUT2D eigenvalue weighted by atomic mass is 10.2. The van der Waals surface area contributed by atoms with Crippen LogP contribution in [0.4, 0.5) is 11.4 Å². The first-order valence-corrected chi connectivity index (χ1v) is 6.71. The van der Waals surface area contributed by atoms with E-state index < -0.39 is 0 Å². The van der Waals surface area contributed by atoms with Gasteiger partial charge in [0.05, 0.1) is 34.1 Å². The summed E-state index contributed by atoms with van der Waals surface area (Å²) in [5, 5.41) is 18.0. The molecule has 2 aromatic rings. The minimum Gasteiger partial charge on any atom is -0.505 e. The van der Waals surface area contributed by atoms with Crippen LogP contribution >= 0.6 is 0 Å². The van der Waals surface area contributed by atoms with Gasteiger partial charge >= 0.3 is 0 Å². The zero-order chi connectivity index (χ0) is 16.8. The van der Waals surface area contributed by atoms with Crippen molar-refractivity contribution in [2.75, 3.05) is 28.4 Å². The van der Waals surface area contributed by atoms with E-state index in [1.165, 1.54) is 34.5 Å². The number of aromatic hydroxyl groups is 1. The molecule has 0 bridgehead atoms. The second-order valence-electron chi connectivity index (χ2n) is 4.44. The lowest BCUT2D eigenvalue weighted by Gasteiger charge is -2.12. The number of phenolic OH excluding ortho intramolecular Hbond substituents is 1. The monoisotopic (exact) mass is 318 g/mol. The average Bonchev–Trinajstić information content (AvgIpc) is 2.59. The summed E-state index contributed by atoms with van der Waals surface area (Å²) < 4.78 is 20.8. The second-order valence-corrected chi connectivity index (χ2v) is 4.44. The van der Waals surface area contributed by atoms with E-state index in [0.717, 1.165) is 0 Å². The van der Waals surface area contributed by atoms with Crippen LogP contribution in [0.15, 0.2) is 40.6 Å². The van der Waals surface area contributed by atoms with Crippen molar-refractivity contribution in [1.82, 2.24) is 0 Å². The molecule has 2 aromatic carbocycles. The Morgan fingerprint density at radius 1 is 0.783 bits per heavy atom. The predicted molar refractivity (Wildman–Crippen MR) is 84.9 cm³/mol. The zero-order valence-corrected chi connectivity index (χ0v) is 13.4. The number of benzene rings is 2. The quantitative estimate of drug-likeness (QED) is 0.818. The van der Waals surface area contributed by atoms with Gasteiger partial charge in [-0.15, -0.1) is 5.11 Å². The summed E-state index contributed by atoms with van der Waals surface area (Å²) in [6.07, 6.45) is 0. The van der Waals surface area contributed by atoms with Crippen molar-refractivity contribution in [3.8, 4) is 28.7 Å². The van der Waals surface area contributed by atoms with Crippen LogP contribution in [0.25, 0.3) is 0 Å². The Hall–Kier alpha value is -2.96. The van der Waals surface area contributed by atoms with Gasteiger partial charge in [-0.2, -0.15) is 5.11 Å². The first kappa shape index (κ1) is 16.4. The van der Waals surface area contributed by atoms with Crippen LogP contribution in [-0.2, 0) is 0 Å². The first-order chi connectivity index (χ1) is 11.1. The van der Waals surface area contributed by atoms with Gasteiger partial charge in [0.15, 0.2) is 11.5 Å². The van der Waals surface area contributed by atoms with Crippen molar-refractivity contribution >= 4 is 11.4 Å². The maximum atomic E-state index is 9.88. The summed E-state index contributed by atoms with van der Waals surface area (Å²) in [7, 11) is 6.09. The van der Waals surface area contributed by atoms with E-state index in [1.807, 2.05) is 0 Å². The number of azo groups is 1. The molecule has 0 aliphatic carbocycles. The Kier molecular flexibility index (Phi) is 5.24.